The normalized spacial score (nSPS) is 20.6. The van der Waals surface area contributed by atoms with Crippen molar-refractivity contribution in [2.45, 2.75) is 23.9 Å². The fourth-order valence-corrected chi connectivity index (χ4v) is 3.19. The standard InChI is InChI=1S/C10H15N3O3S/c11-6-9-10(2-1-4-12-9)17(14,15)13-8-3-5-16-7-8/h1-2,4,8,13H,3,5-7,11H2. The van der Waals surface area contributed by atoms with Gasteiger partial charge in [-0.1, -0.05) is 0 Å². The van der Waals surface area contributed by atoms with E-state index in [1.807, 2.05) is 0 Å². The van der Waals surface area contributed by atoms with Crippen molar-refractivity contribution in [2.75, 3.05) is 13.2 Å². The van der Waals surface area contributed by atoms with Crippen LogP contribution in [0.4, 0.5) is 0 Å². The Morgan fingerprint density at radius 3 is 3.06 bits per heavy atom. The molecule has 2 heterocycles. The number of hydrogen-bond acceptors (Lipinski definition) is 5. The lowest BCUT2D eigenvalue weighted by atomic mass is 10.3. The summed E-state index contributed by atoms with van der Waals surface area (Å²) in [6, 6.07) is 2.93. The molecule has 1 aliphatic heterocycles. The zero-order valence-electron chi connectivity index (χ0n) is 9.30. The predicted molar refractivity (Wildman–Crippen MR) is 61.7 cm³/mol. The van der Waals surface area contributed by atoms with Crippen LogP contribution in [0, 0.1) is 0 Å². The van der Waals surface area contributed by atoms with Crippen LogP contribution in [-0.4, -0.2) is 32.7 Å². The van der Waals surface area contributed by atoms with Crippen molar-refractivity contribution in [3.05, 3.63) is 24.0 Å². The number of pyridine rings is 1. The average molecular weight is 257 g/mol. The highest BCUT2D eigenvalue weighted by atomic mass is 32.2. The highest BCUT2D eigenvalue weighted by molar-refractivity contribution is 7.89. The number of rotatable bonds is 4. The first-order valence-electron chi connectivity index (χ1n) is 5.37. The van der Waals surface area contributed by atoms with Gasteiger partial charge in [0.05, 0.1) is 12.3 Å². The molecule has 94 valence electrons. The molecule has 0 spiro atoms. The lowest BCUT2D eigenvalue weighted by Crippen LogP contribution is -2.35. The number of nitrogens with one attached hydrogen (secondary N) is 1. The minimum atomic E-state index is -3.56. The van der Waals surface area contributed by atoms with Gasteiger partial charge in [0.1, 0.15) is 4.90 Å². The first-order chi connectivity index (χ1) is 8.13. The van der Waals surface area contributed by atoms with Gasteiger partial charge in [-0.25, -0.2) is 13.1 Å². The van der Waals surface area contributed by atoms with Crippen LogP contribution in [0.25, 0.3) is 0 Å². The molecule has 0 saturated carbocycles. The van der Waals surface area contributed by atoms with E-state index in [2.05, 4.69) is 9.71 Å². The van der Waals surface area contributed by atoms with Crippen LogP contribution in [0.15, 0.2) is 23.2 Å². The van der Waals surface area contributed by atoms with Gasteiger partial charge in [0.15, 0.2) is 0 Å². The molecule has 1 aromatic rings. The number of hydrogen-bond donors (Lipinski definition) is 2. The van der Waals surface area contributed by atoms with Crippen molar-refractivity contribution in [3.63, 3.8) is 0 Å². The van der Waals surface area contributed by atoms with E-state index in [0.29, 0.717) is 25.3 Å². The highest BCUT2D eigenvalue weighted by Crippen LogP contribution is 2.14. The molecule has 0 bridgehead atoms. The third-order valence-electron chi connectivity index (χ3n) is 2.58. The lowest BCUT2D eigenvalue weighted by Gasteiger charge is -2.13. The van der Waals surface area contributed by atoms with Crippen molar-refractivity contribution >= 4 is 10.0 Å². The molecule has 1 saturated heterocycles. The quantitative estimate of drug-likeness (QED) is 0.766. The molecule has 1 aliphatic rings. The fraction of sp³-hybridized carbons (Fsp3) is 0.500. The zero-order valence-corrected chi connectivity index (χ0v) is 10.1. The summed E-state index contributed by atoms with van der Waals surface area (Å²) in [7, 11) is -3.56. The van der Waals surface area contributed by atoms with Gasteiger partial charge in [-0.2, -0.15) is 0 Å². The van der Waals surface area contributed by atoms with Gasteiger partial charge in [0.2, 0.25) is 10.0 Å². The number of sulfonamides is 1. The topological polar surface area (TPSA) is 94.3 Å². The molecule has 1 atom stereocenters. The molecular weight excluding hydrogens is 242 g/mol. The predicted octanol–water partition coefficient (Wildman–Crippen LogP) is -0.393. The Bertz CT molecular complexity index is 483. The number of aromatic nitrogens is 1. The zero-order chi connectivity index (χ0) is 12.3. The molecule has 3 N–H and O–H groups in total. The summed E-state index contributed by atoms with van der Waals surface area (Å²) in [5, 5.41) is 0. The summed E-state index contributed by atoms with van der Waals surface area (Å²) >= 11 is 0. The second kappa shape index (κ2) is 5.09. The minimum Gasteiger partial charge on any atom is -0.380 e. The Kier molecular flexibility index (Phi) is 3.72. The summed E-state index contributed by atoms with van der Waals surface area (Å²) in [5.41, 5.74) is 5.85. The molecule has 1 aromatic heterocycles. The van der Waals surface area contributed by atoms with Crippen LogP contribution in [0.1, 0.15) is 12.1 Å². The smallest absolute Gasteiger partial charge is 0.242 e. The molecule has 7 heteroatoms. The van der Waals surface area contributed by atoms with E-state index >= 15 is 0 Å². The van der Waals surface area contributed by atoms with E-state index in [1.54, 1.807) is 6.07 Å². The Hall–Kier alpha value is -1.02. The van der Waals surface area contributed by atoms with Crippen LogP contribution in [0.3, 0.4) is 0 Å². The van der Waals surface area contributed by atoms with E-state index in [9.17, 15) is 8.42 Å². The third kappa shape index (κ3) is 2.81. The first-order valence-corrected chi connectivity index (χ1v) is 6.86. The minimum absolute atomic E-state index is 0.0955. The van der Waals surface area contributed by atoms with Crippen molar-refractivity contribution in [1.29, 1.82) is 0 Å². The highest BCUT2D eigenvalue weighted by Gasteiger charge is 2.25. The SMILES string of the molecule is NCc1ncccc1S(=O)(=O)NC1CCOC1. The van der Waals surface area contributed by atoms with Crippen LogP contribution >= 0.6 is 0 Å². The molecular formula is C10H15N3O3S. The monoisotopic (exact) mass is 257 g/mol. The van der Waals surface area contributed by atoms with Crippen molar-refractivity contribution < 1.29 is 13.2 Å². The van der Waals surface area contributed by atoms with Crippen molar-refractivity contribution in [3.8, 4) is 0 Å². The molecule has 1 unspecified atom stereocenters. The lowest BCUT2D eigenvalue weighted by molar-refractivity contribution is 0.192. The Morgan fingerprint density at radius 2 is 2.41 bits per heavy atom. The first kappa shape index (κ1) is 12.4. The molecule has 2 rings (SSSR count). The maximum atomic E-state index is 12.1. The molecule has 0 aliphatic carbocycles. The molecule has 0 aromatic carbocycles. The van der Waals surface area contributed by atoms with E-state index < -0.39 is 10.0 Å². The van der Waals surface area contributed by atoms with Crippen molar-refractivity contribution in [2.24, 2.45) is 5.73 Å². The van der Waals surface area contributed by atoms with Gasteiger partial charge in [0, 0.05) is 25.4 Å². The van der Waals surface area contributed by atoms with E-state index in [0.717, 1.165) is 0 Å². The van der Waals surface area contributed by atoms with Gasteiger partial charge < -0.3 is 10.5 Å². The maximum Gasteiger partial charge on any atom is 0.242 e. The van der Waals surface area contributed by atoms with Crippen LogP contribution < -0.4 is 10.5 Å². The van der Waals surface area contributed by atoms with Gasteiger partial charge in [-0.05, 0) is 18.6 Å². The van der Waals surface area contributed by atoms with Crippen molar-refractivity contribution in [1.82, 2.24) is 9.71 Å². The van der Waals surface area contributed by atoms with Gasteiger partial charge in [-0.3, -0.25) is 4.98 Å². The van der Waals surface area contributed by atoms with E-state index in [-0.39, 0.29) is 17.5 Å². The van der Waals surface area contributed by atoms with Gasteiger partial charge in [-0.15, -0.1) is 0 Å². The summed E-state index contributed by atoms with van der Waals surface area (Å²) in [6.45, 7) is 1.10. The summed E-state index contributed by atoms with van der Waals surface area (Å²) in [5.74, 6) is 0. The van der Waals surface area contributed by atoms with E-state index in [4.69, 9.17) is 10.5 Å². The molecule has 0 radical (unpaired) electrons. The molecule has 0 amide bonds. The third-order valence-corrected chi connectivity index (χ3v) is 4.18. The maximum absolute atomic E-state index is 12.1. The number of ether oxygens (including phenoxy) is 1. The van der Waals surface area contributed by atoms with Crippen LogP contribution in [0.5, 0.6) is 0 Å². The van der Waals surface area contributed by atoms with Gasteiger partial charge in [0.25, 0.3) is 0 Å². The van der Waals surface area contributed by atoms with Crippen LogP contribution in [-0.2, 0) is 21.3 Å². The summed E-state index contributed by atoms with van der Waals surface area (Å²) in [6.07, 6.45) is 2.22. The second-order valence-electron chi connectivity index (χ2n) is 3.83. The largest absolute Gasteiger partial charge is 0.380 e. The number of nitrogens with two attached hydrogens (primary N) is 1. The Balaban J connectivity index is 2.24. The van der Waals surface area contributed by atoms with Crippen LogP contribution in [0.2, 0.25) is 0 Å². The average Bonchev–Trinajstić information content (AvgIpc) is 2.81. The summed E-state index contributed by atoms with van der Waals surface area (Å²) in [4.78, 5) is 4.11. The number of nitrogens with zero attached hydrogens (tertiary/aromatic N) is 1. The second-order valence-corrected chi connectivity index (χ2v) is 5.52. The molecule has 1 fully saturated rings. The summed E-state index contributed by atoms with van der Waals surface area (Å²) < 4.78 is 31.9. The molecule has 17 heavy (non-hydrogen) atoms. The Labute approximate surface area is 100 Å². The van der Waals surface area contributed by atoms with E-state index in [1.165, 1.54) is 12.3 Å². The molecule has 6 nitrogen and oxygen atoms in total. The Morgan fingerprint density at radius 1 is 1.59 bits per heavy atom. The fourth-order valence-electron chi connectivity index (χ4n) is 1.73. The van der Waals surface area contributed by atoms with Gasteiger partial charge >= 0.3 is 0 Å².